The van der Waals surface area contributed by atoms with Gasteiger partial charge >= 0.3 is 5.97 Å². The summed E-state index contributed by atoms with van der Waals surface area (Å²) in [6.45, 7) is -0.137. The molecule has 134 valence electrons. The number of methoxy groups -OCH3 is 2. The van der Waals surface area contributed by atoms with Gasteiger partial charge in [-0.3, -0.25) is 0 Å². The highest BCUT2D eigenvalue weighted by atomic mass is 79.9. The molecule has 3 aromatic rings. The number of esters is 1. The highest BCUT2D eigenvalue weighted by Crippen LogP contribution is 2.23. The first-order chi connectivity index (χ1) is 12.6. The van der Waals surface area contributed by atoms with Crippen LogP contribution in [-0.2, 0) is 11.3 Å². The van der Waals surface area contributed by atoms with Crippen molar-refractivity contribution in [3.8, 4) is 22.9 Å². The molecule has 0 N–H and O–H groups in total. The van der Waals surface area contributed by atoms with Gasteiger partial charge in [0.15, 0.2) is 6.61 Å². The molecule has 0 aliphatic heterocycles. The number of rotatable bonds is 6. The van der Waals surface area contributed by atoms with E-state index < -0.39 is 5.97 Å². The average molecular weight is 419 g/mol. The number of nitrogens with zero attached hydrogens (tertiary/aromatic N) is 2. The lowest BCUT2D eigenvalue weighted by Gasteiger charge is -2.07. The Morgan fingerprint density at radius 3 is 2.35 bits per heavy atom. The van der Waals surface area contributed by atoms with E-state index in [0.717, 1.165) is 10.0 Å². The van der Waals surface area contributed by atoms with E-state index in [0.29, 0.717) is 22.9 Å². The van der Waals surface area contributed by atoms with E-state index in [-0.39, 0.29) is 12.5 Å². The molecule has 26 heavy (non-hydrogen) atoms. The van der Waals surface area contributed by atoms with Crippen molar-refractivity contribution in [2.45, 2.75) is 6.61 Å². The zero-order valence-corrected chi connectivity index (χ0v) is 15.6. The monoisotopic (exact) mass is 418 g/mol. The van der Waals surface area contributed by atoms with Crippen LogP contribution in [-0.4, -0.2) is 30.3 Å². The first kappa shape index (κ1) is 17.9. The van der Waals surface area contributed by atoms with Gasteiger partial charge in [-0.2, -0.15) is 4.98 Å². The van der Waals surface area contributed by atoms with Crippen molar-refractivity contribution in [2.75, 3.05) is 14.2 Å². The van der Waals surface area contributed by atoms with Gasteiger partial charge in [-0.05, 0) is 36.4 Å². The van der Waals surface area contributed by atoms with E-state index in [1.165, 1.54) is 14.2 Å². The summed E-state index contributed by atoms with van der Waals surface area (Å²) >= 11 is 3.37. The molecule has 0 saturated carbocycles. The van der Waals surface area contributed by atoms with Gasteiger partial charge in [0.2, 0.25) is 5.82 Å². The maximum atomic E-state index is 12.2. The first-order valence-electron chi connectivity index (χ1n) is 7.58. The quantitative estimate of drug-likeness (QED) is 0.561. The first-order valence-corrected chi connectivity index (χ1v) is 8.37. The van der Waals surface area contributed by atoms with E-state index in [4.69, 9.17) is 18.7 Å². The molecule has 2 aromatic carbocycles. The van der Waals surface area contributed by atoms with Crippen LogP contribution in [0.5, 0.6) is 11.5 Å². The van der Waals surface area contributed by atoms with E-state index in [2.05, 4.69) is 26.1 Å². The smallest absolute Gasteiger partial charge is 0.338 e. The van der Waals surface area contributed by atoms with Crippen LogP contribution in [0.25, 0.3) is 11.4 Å². The molecular formula is C18H15BrN2O5. The molecule has 1 heterocycles. The predicted molar refractivity (Wildman–Crippen MR) is 96.1 cm³/mol. The molecule has 0 saturated heterocycles. The molecule has 8 heteroatoms. The molecule has 7 nitrogen and oxygen atoms in total. The SMILES string of the molecule is COc1cc(OC)cc(C(=O)OCc2nc(-c3ccc(Br)cc3)no2)c1. The maximum absolute atomic E-state index is 12.2. The summed E-state index contributed by atoms with van der Waals surface area (Å²) in [4.78, 5) is 16.5. The van der Waals surface area contributed by atoms with Gasteiger partial charge in [0.1, 0.15) is 11.5 Å². The maximum Gasteiger partial charge on any atom is 0.338 e. The Kier molecular flexibility index (Phi) is 5.52. The Balaban J connectivity index is 1.67. The van der Waals surface area contributed by atoms with Crippen LogP contribution in [0, 0.1) is 0 Å². The number of halogens is 1. The van der Waals surface area contributed by atoms with Crippen molar-refractivity contribution in [3.05, 3.63) is 58.4 Å². The summed E-state index contributed by atoms with van der Waals surface area (Å²) in [7, 11) is 3.01. The van der Waals surface area contributed by atoms with Crippen molar-refractivity contribution in [3.63, 3.8) is 0 Å². The lowest BCUT2D eigenvalue weighted by molar-refractivity contribution is 0.0429. The van der Waals surface area contributed by atoms with Crippen LogP contribution in [0.4, 0.5) is 0 Å². The van der Waals surface area contributed by atoms with Crippen molar-refractivity contribution in [1.29, 1.82) is 0 Å². The minimum atomic E-state index is -0.550. The van der Waals surface area contributed by atoms with E-state index >= 15 is 0 Å². The zero-order chi connectivity index (χ0) is 18.5. The minimum Gasteiger partial charge on any atom is -0.497 e. The number of aromatic nitrogens is 2. The number of hydrogen-bond donors (Lipinski definition) is 0. The number of carbonyl (C=O) groups excluding carboxylic acids is 1. The van der Waals surface area contributed by atoms with Gasteiger partial charge in [0.25, 0.3) is 5.89 Å². The van der Waals surface area contributed by atoms with Gasteiger partial charge in [-0.1, -0.05) is 21.1 Å². The molecule has 0 atom stereocenters. The van der Waals surface area contributed by atoms with Crippen LogP contribution in [0.15, 0.2) is 51.5 Å². The van der Waals surface area contributed by atoms with Crippen LogP contribution in [0.2, 0.25) is 0 Å². The molecule has 0 bridgehead atoms. The van der Waals surface area contributed by atoms with Gasteiger partial charge in [-0.15, -0.1) is 0 Å². The molecule has 0 spiro atoms. The van der Waals surface area contributed by atoms with Crippen LogP contribution in [0.1, 0.15) is 16.2 Å². The van der Waals surface area contributed by atoms with Gasteiger partial charge in [0.05, 0.1) is 19.8 Å². The van der Waals surface area contributed by atoms with E-state index in [1.54, 1.807) is 18.2 Å². The molecule has 0 aliphatic rings. The van der Waals surface area contributed by atoms with Crippen LogP contribution < -0.4 is 9.47 Å². The summed E-state index contributed by atoms with van der Waals surface area (Å²) in [5, 5.41) is 3.89. The fraction of sp³-hybridized carbons (Fsp3) is 0.167. The topological polar surface area (TPSA) is 83.7 Å². The molecular weight excluding hydrogens is 404 g/mol. The molecule has 0 fully saturated rings. The van der Waals surface area contributed by atoms with Crippen molar-refractivity contribution < 1.29 is 23.5 Å². The van der Waals surface area contributed by atoms with Crippen LogP contribution >= 0.6 is 15.9 Å². The molecule has 0 aliphatic carbocycles. The van der Waals surface area contributed by atoms with E-state index in [1.807, 2.05) is 24.3 Å². The Labute approximate surface area is 158 Å². The fourth-order valence-corrected chi connectivity index (χ4v) is 2.43. The average Bonchev–Trinajstić information content (AvgIpc) is 3.15. The van der Waals surface area contributed by atoms with Gasteiger partial charge in [-0.25, -0.2) is 4.79 Å². The summed E-state index contributed by atoms with van der Waals surface area (Å²) in [6.07, 6.45) is 0. The normalized spacial score (nSPS) is 10.4. The Bertz CT molecular complexity index is 886. The van der Waals surface area contributed by atoms with Gasteiger partial charge < -0.3 is 18.7 Å². The Morgan fingerprint density at radius 2 is 1.73 bits per heavy atom. The largest absolute Gasteiger partial charge is 0.497 e. The van der Waals surface area contributed by atoms with Crippen molar-refractivity contribution in [1.82, 2.24) is 10.1 Å². The fourth-order valence-electron chi connectivity index (χ4n) is 2.17. The third-order valence-corrected chi connectivity index (χ3v) is 4.01. The lowest BCUT2D eigenvalue weighted by atomic mass is 10.2. The lowest BCUT2D eigenvalue weighted by Crippen LogP contribution is -2.06. The predicted octanol–water partition coefficient (Wildman–Crippen LogP) is 3.87. The number of ether oxygens (including phenoxy) is 3. The molecule has 3 rings (SSSR count). The summed E-state index contributed by atoms with van der Waals surface area (Å²) < 4.78 is 21.6. The van der Waals surface area contributed by atoms with Crippen molar-refractivity contribution >= 4 is 21.9 Å². The standard InChI is InChI=1S/C18H15BrN2O5/c1-23-14-7-12(8-15(9-14)24-2)18(22)25-10-16-20-17(21-26-16)11-3-5-13(19)6-4-11/h3-9H,10H2,1-2H3. The number of hydrogen-bond acceptors (Lipinski definition) is 7. The number of benzene rings is 2. The highest BCUT2D eigenvalue weighted by molar-refractivity contribution is 9.10. The summed E-state index contributed by atoms with van der Waals surface area (Å²) in [5.41, 5.74) is 1.10. The highest BCUT2D eigenvalue weighted by Gasteiger charge is 2.14. The third-order valence-electron chi connectivity index (χ3n) is 3.48. The van der Waals surface area contributed by atoms with Crippen molar-refractivity contribution in [2.24, 2.45) is 0 Å². The number of carbonyl (C=O) groups is 1. The second kappa shape index (κ2) is 8.01. The second-order valence-electron chi connectivity index (χ2n) is 5.20. The third kappa shape index (κ3) is 4.20. The summed E-state index contributed by atoms with van der Waals surface area (Å²) in [5.74, 6) is 1.06. The molecule has 0 radical (unpaired) electrons. The molecule has 1 aromatic heterocycles. The zero-order valence-electron chi connectivity index (χ0n) is 14.1. The molecule has 0 amide bonds. The van der Waals surface area contributed by atoms with Gasteiger partial charge in [0, 0.05) is 16.1 Å². The summed E-state index contributed by atoms with van der Waals surface area (Å²) in [6, 6.07) is 12.3. The Morgan fingerprint density at radius 1 is 1.08 bits per heavy atom. The minimum absolute atomic E-state index is 0.137. The second-order valence-corrected chi connectivity index (χ2v) is 6.11. The van der Waals surface area contributed by atoms with Crippen LogP contribution in [0.3, 0.4) is 0 Å². The van der Waals surface area contributed by atoms with E-state index in [9.17, 15) is 4.79 Å². The molecule has 0 unspecified atom stereocenters. The Hall–Kier alpha value is -2.87.